The van der Waals surface area contributed by atoms with Crippen LogP contribution in [0.25, 0.3) is 0 Å². The van der Waals surface area contributed by atoms with Gasteiger partial charge in [-0.05, 0) is 73.2 Å². The smallest absolute Gasteiger partial charge is 0.344 e. The van der Waals surface area contributed by atoms with E-state index in [2.05, 4.69) is 26.6 Å². The molecule has 0 radical (unpaired) electrons. The molecular weight excluding hydrogens is 697 g/mol. The second-order valence-electron chi connectivity index (χ2n) is 11.4. The predicted octanol–water partition coefficient (Wildman–Crippen LogP) is 3.59. The van der Waals surface area contributed by atoms with E-state index in [-0.39, 0.29) is 29.0 Å². The SMILES string of the molecule is CC(C)[C@H](NC(=O)c1ccc(C(=O)NS(=O)(=O)c2ccc(Br)cc2)cc1)C(=O)N1CCC[C@H]1C(=O)N[C@@H](C(=O)C(F)(F)F)C(C)C. The van der Waals surface area contributed by atoms with Gasteiger partial charge < -0.3 is 15.5 Å². The van der Waals surface area contributed by atoms with Gasteiger partial charge in [-0.2, -0.15) is 13.2 Å². The molecule has 0 aliphatic carbocycles. The second kappa shape index (κ2) is 14.8. The van der Waals surface area contributed by atoms with Gasteiger partial charge in [-0.15, -0.1) is 0 Å². The van der Waals surface area contributed by atoms with Crippen molar-refractivity contribution in [1.82, 2.24) is 20.3 Å². The first-order chi connectivity index (χ1) is 21.3. The maximum Gasteiger partial charge on any atom is 0.452 e. The molecule has 2 aromatic carbocycles. The normalized spacial score (nSPS) is 16.6. The van der Waals surface area contributed by atoms with Crippen molar-refractivity contribution in [3.8, 4) is 0 Å². The van der Waals surface area contributed by atoms with Gasteiger partial charge in [0, 0.05) is 22.1 Å². The minimum absolute atomic E-state index is 0.0481. The van der Waals surface area contributed by atoms with E-state index in [1.54, 1.807) is 13.8 Å². The fourth-order valence-corrected chi connectivity index (χ4v) is 6.05. The molecule has 1 aliphatic heterocycles. The number of carbonyl (C=O) groups is 5. The molecule has 0 saturated carbocycles. The molecule has 250 valence electrons. The third-order valence-corrected chi connectivity index (χ3v) is 9.22. The summed E-state index contributed by atoms with van der Waals surface area (Å²) in [6.45, 7) is 6.15. The summed E-state index contributed by atoms with van der Waals surface area (Å²) in [6, 6.07) is 6.56. The Morgan fingerprint density at radius 3 is 1.85 bits per heavy atom. The van der Waals surface area contributed by atoms with Gasteiger partial charge in [0.25, 0.3) is 27.6 Å². The standard InChI is InChI=1S/C30H34BrF3N4O7S/c1-16(2)23(25(39)30(32,33)34)35-28(42)22-6-5-15-38(22)29(43)24(17(3)4)36-26(40)18-7-9-19(10-8-18)27(41)37-46(44,45)21-13-11-20(31)12-14-21/h7-14,16-17,22-24H,5-6,15H2,1-4H3,(H,35,42)(H,36,40)(H,37,41)/t22-,23+,24-/m0/s1. The number of Topliss-reactive ketones (excluding diaryl/α,β-unsaturated/α-hetero) is 1. The van der Waals surface area contributed by atoms with E-state index in [0.717, 1.165) is 0 Å². The number of nitrogens with one attached hydrogen (secondary N) is 3. The summed E-state index contributed by atoms with van der Waals surface area (Å²) in [5.41, 5.74) is -0.00438. The topological polar surface area (TPSA) is 159 Å². The van der Waals surface area contributed by atoms with Crippen molar-refractivity contribution in [2.45, 2.75) is 69.7 Å². The summed E-state index contributed by atoms with van der Waals surface area (Å²) in [5, 5.41) is 4.78. The van der Waals surface area contributed by atoms with Gasteiger partial charge >= 0.3 is 6.18 Å². The number of hydrogen-bond acceptors (Lipinski definition) is 7. The van der Waals surface area contributed by atoms with Crippen molar-refractivity contribution >= 4 is 55.4 Å². The first kappa shape index (κ1) is 36.7. The van der Waals surface area contributed by atoms with Crippen LogP contribution in [0.1, 0.15) is 61.3 Å². The molecule has 3 atom stereocenters. The first-order valence-corrected chi connectivity index (χ1v) is 16.6. The molecule has 3 rings (SSSR count). The summed E-state index contributed by atoms with van der Waals surface area (Å²) in [5.74, 6) is -6.57. The lowest BCUT2D eigenvalue weighted by molar-refractivity contribution is -0.175. The molecule has 1 aliphatic rings. The van der Waals surface area contributed by atoms with Crippen molar-refractivity contribution < 1.29 is 45.6 Å². The van der Waals surface area contributed by atoms with Gasteiger partial charge in [-0.25, -0.2) is 13.1 Å². The summed E-state index contributed by atoms with van der Waals surface area (Å²) < 4.78 is 67.0. The Bertz CT molecular complexity index is 1580. The summed E-state index contributed by atoms with van der Waals surface area (Å²) in [7, 11) is -4.16. The number of amides is 4. The van der Waals surface area contributed by atoms with Crippen molar-refractivity contribution in [2.24, 2.45) is 11.8 Å². The number of rotatable bonds is 11. The fourth-order valence-electron chi connectivity index (χ4n) is 4.81. The second-order valence-corrected chi connectivity index (χ2v) is 14.0. The van der Waals surface area contributed by atoms with Crippen LogP contribution in [0.5, 0.6) is 0 Å². The lowest BCUT2D eigenvalue weighted by Crippen LogP contribution is -2.58. The Morgan fingerprint density at radius 2 is 1.35 bits per heavy atom. The molecule has 1 fully saturated rings. The molecule has 0 spiro atoms. The molecule has 0 aromatic heterocycles. The third kappa shape index (κ3) is 8.93. The summed E-state index contributed by atoms with van der Waals surface area (Å²) >= 11 is 3.20. The zero-order valence-corrected chi connectivity index (χ0v) is 27.8. The van der Waals surface area contributed by atoms with Crippen LogP contribution in [0.2, 0.25) is 0 Å². The molecule has 1 saturated heterocycles. The van der Waals surface area contributed by atoms with Crippen LogP contribution >= 0.6 is 15.9 Å². The molecule has 16 heteroatoms. The largest absolute Gasteiger partial charge is 0.452 e. The zero-order valence-electron chi connectivity index (χ0n) is 25.4. The molecule has 2 aromatic rings. The molecule has 1 heterocycles. The Balaban J connectivity index is 1.70. The number of nitrogens with zero attached hydrogens (tertiary/aromatic N) is 1. The van der Waals surface area contributed by atoms with Crippen molar-refractivity contribution in [2.75, 3.05) is 6.54 Å². The van der Waals surface area contributed by atoms with Crippen molar-refractivity contribution in [3.05, 3.63) is 64.1 Å². The number of hydrogen-bond donors (Lipinski definition) is 3. The highest BCUT2D eigenvalue weighted by atomic mass is 79.9. The molecule has 0 bridgehead atoms. The van der Waals surface area contributed by atoms with Gasteiger partial charge in [0.05, 0.1) is 10.9 Å². The van der Waals surface area contributed by atoms with Crippen LogP contribution in [0.4, 0.5) is 13.2 Å². The minimum atomic E-state index is -5.15. The van der Waals surface area contributed by atoms with E-state index in [0.29, 0.717) is 10.9 Å². The highest BCUT2D eigenvalue weighted by Crippen LogP contribution is 2.24. The van der Waals surface area contributed by atoms with Crippen LogP contribution < -0.4 is 15.4 Å². The van der Waals surface area contributed by atoms with Crippen LogP contribution in [0.15, 0.2) is 57.9 Å². The van der Waals surface area contributed by atoms with Gasteiger partial charge in [0.2, 0.25) is 11.8 Å². The van der Waals surface area contributed by atoms with E-state index in [9.17, 15) is 45.6 Å². The van der Waals surface area contributed by atoms with Crippen molar-refractivity contribution in [3.63, 3.8) is 0 Å². The Hall–Kier alpha value is -3.79. The third-order valence-electron chi connectivity index (χ3n) is 7.34. The molecule has 4 amide bonds. The van der Waals surface area contributed by atoms with Crippen LogP contribution in [-0.4, -0.2) is 73.6 Å². The maximum atomic E-state index is 13.6. The van der Waals surface area contributed by atoms with Gasteiger partial charge in [0.15, 0.2) is 0 Å². The summed E-state index contributed by atoms with van der Waals surface area (Å²) in [6.07, 6.45) is -4.62. The van der Waals surface area contributed by atoms with Crippen molar-refractivity contribution in [1.29, 1.82) is 0 Å². The van der Waals surface area contributed by atoms with Gasteiger partial charge in [-0.1, -0.05) is 43.6 Å². The number of ketones is 1. The quantitative estimate of drug-likeness (QED) is 0.319. The number of likely N-dealkylation sites (tertiary alicyclic amines) is 1. The van der Waals surface area contributed by atoms with E-state index in [4.69, 9.17) is 0 Å². The van der Waals surface area contributed by atoms with Gasteiger partial charge in [-0.3, -0.25) is 24.0 Å². The van der Waals surface area contributed by atoms with Gasteiger partial charge in [0.1, 0.15) is 12.1 Å². The average molecular weight is 732 g/mol. The van der Waals surface area contributed by atoms with E-state index in [1.165, 1.54) is 67.3 Å². The van der Waals surface area contributed by atoms with E-state index in [1.807, 2.05) is 4.72 Å². The monoisotopic (exact) mass is 730 g/mol. The number of carbonyl (C=O) groups excluding carboxylic acids is 5. The number of alkyl halides is 3. The van der Waals surface area contributed by atoms with E-state index >= 15 is 0 Å². The number of sulfonamides is 1. The molecule has 11 nitrogen and oxygen atoms in total. The van der Waals surface area contributed by atoms with Crippen LogP contribution in [0.3, 0.4) is 0 Å². The lowest BCUT2D eigenvalue weighted by Gasteiger charge is -2.32. The fraction of sp³-hybridized carbons (Fsp3) is 0.433. The summed E-state index contributed by atoms with van der Waals surface area (Å²) in [4.78, 5) is 65.3. The van der Waals surface area contributed by atoms with Crippen LogP contribution in [0, 0.1) is 11.8 Å². The molecule has 0 unspecified atom stereocenters. The number of benzene rings is 2. The molecule has 46 heavy (non-hydrogen) atoms. The van der Waals surface area contributed by atoms with E-state index < -0.39 is 75.6 Å². The Morgan fingerprint density at radius 1 is 0.826 bits per heavy atom. The predicted molar refractivity (Wildman–Crippen MR) is 164 cm³/mol. The Labute approximate surface area is 272 Å². The maximum absolute atomic E-state index is 13.6. The molecular formula is C30H34BrF3N4O7S. The highest BCUT2D eigenvalue weighted by Gasteiger charge is 2.46. The average Bonchev–Trinajstić information content (AvgIpc) is 3.47. The first-order valence-electron chi connectivity index (χ1n) is 14.3. The lowest BCUT2D eigenvalue weighted by atomic mass is 9.98. The number of halogens is 4. The highest BCUT2D eigenvalue weighted by molar-refractivity contribution is 9.10. The minimum Gasteiger partial charge on any atom is -0.344 e. The Kier molecular flexibility index (Phi) is 11.8. The molecule has 3 N–H and O–H groups in total. The zero-order chi connectivity index (χ0) is 34.6. The van der Waals surface area contributed by atoms with Crippen LogP contribution in [-0.2, 0) is 24.4 Å².